The Morgan fingerprint density at radius 1 is 0.944 bits per heavy atom. The van der Waals surface area contributed by atoms with E-state index in [-0.39, 0.29) is 17.3 Å². The van der Waals surface area contributed by atoms with Gasteiger partial charge in [0.15, 0.2) is 0 Å². The molecule has 0 bridgehead atoms. The SMILES string of the molecule is Cc1cccc(CN(C(=O)CN(C)S(=O)(=O)c2ccc3ccccc3c2)[C@H](C)C(=O)NC(C)(C)C)c1. The highest BCUT2D eigenvalue weighted by atomic mass is 32.2. The fourth-order valence-electron chi connectivity index (χ4n) is 3.94. The van der Waals surface area contributed by atoms with Crippen LogP contribution in [0.5, 0.6) is 0 Å². The molecule has 36 heavy (non-hydrogen) atoms. The fraction of sp³-hybridized carbons (Fsp3) is 0.357. The lowest BCUT2D eigenvalue weighted by atomic mass is 10.1. The first-order chi connectivity index (χ1) is 16.8. The van der Waals surface area contributed by atoms with Gasteiger partial charge in [0.05, 0.1) is 11.4 Å². The zero-order valence-corrected chi connectivity index (χ0v) is 22.6. The van der Waals surface area contributed by atoms with Crippen molar-refractivity contribution in [2.45, 2.75) is 57.6 Å². The molecule has 1 atom stereocenters. The van der Waals surface area contributed by atoms with E-state index in [1.54, 1.807) is 25.1 Å². The van der Waals surface area contributed by atoms with Crippen LogP contribution in [-0.2, 0) is 26.2 Å². The lowest BCUT2D eigenvalue weighted by Crippen LogP contribution is -2.54. The molecule has 0 aliphatic rings. The van der Waals surface area contributed by atoms with Gasteiger partial charge in [0.1, 0.15) is 6.04 Å². The molecule has 0 radical (unpaired) electrons. The quantitative estimate of drug-likeness (QED) is 0.495. The Bertz CT molecular complexity index is 1360. The molecule has 192 valence electrons. The molecule has 0 saturated heterocycles. The van der Waals surface area contributed by atoms with Gasteiger partial charge in [-0.15, -0.1) is 0 Å². The maximum absolute atomic E-state index is 13.5. The van der Waals surface area contributed by atoms with Crippen molar-refractivity contribution in [3.8, 4) is 0 Å². The third-order valence-electron chi connectivity index (χ3n) is 5.89. The maximum atomic E-state index is 13.5. The number of likely N-dealkylation sites (N-methyl/N-ethyl adjacent to an activating group) is 1. The summed E-state index contributed by atoms with van der Waals surface area (Å²) < 4.78 is 27.6. The molecule has 0 aliphatic heterocycles. The summed E-state index contributed by atoms with van der Waals surface area (Å²) in [5.74, 6) is -0.761. The summed E-state index contributed by atoms with van der Waals surface area (Å²) in [6, 6.07) is 19.3. The minimum absolute atomic E-state index is 0.111. The van der Waals surface area contributed by atoms with Gasteiger partial charge in [0.2, 0.25) is 21.8 Å². The van der Waals surface area contributed by atoms with Gasteiger partial charge < -0.3 is 10.2 Å². The van der Waals surface area contributed by atoms with Gasteiger partial charge in [0, 0.05) is 19.1 Å². The van der Waals surface area contributed by atoms with Gasteiger partial charge in [0.25, 0.3) is 0 Å². The van der Waals surface area contributed by atoms with Crippen LogP contribution in [0.2, 0.25) is 0 Å². The van der Waals surface area contributed by atoms with Crippen LogP contribution in [-0.4, -0.2) is 54.6 Å². The first-order valence-corrected chi connectivity index (χ1v) is 13.3. The van der Waals surface area contributed by atoms with Crippen molar-refractivity contribution in [1.29, 1.82) is 0 Å². The van der Waals surface area contributed by atoms with Crippen LogP contribution < -0.4 is 5.32 Å². The molecule has 3 aromatic rings. The molecule has 3 rings (SSSR count). The summed E-state index contributed by atoms with van der Waals surface area (Å²) >= 11 is 0. The topological polar surface area (TPSA) is 86.8 Å². The number of hydrogen-bond acceptors (Lipinski definition) is 4. The Kier molecular flexibility index (Phi) is 8.21. The molecule has 7 nitrogen and oxygen atoms in total. The van der Waals surface area contributed by atoms with Crippen molar-refractivity contribution >= 4 is 32.6 Å². The molecule has 0 heterocycles. The zero-order valence-electron chi connectivity index (χ0n) is 21.8. The van der Waals surface area contributed by atoms with E-state index in [1.165, 1.54) is 11.9 Å². The zero-order chi connectivity index (χ0) is 26.7. The second-order valence-corrected chi connectivity index (χ2v) is 12.2. The first kappa shape index (κ1) is 27.4. The Hall–Kier alpha value is -3.23. The van der Waals surface area contributed by atoms with Crippen molar-refractivity contribution in [2.24, 2.45) is 0 Å². The number of hydrogen-bond donors (Lipinski definition) is 1. The van der Waals surface area contributed by atoms with Gasteiger partial charge >= 0.3 is 0 Å². The predicted octanol–water partition coefficient (Wildman–Crippen LogP) is 4.10. The summed E-state index contributed by atoms with van der Waals surface area (Å²) in [4.78, 5) is 28.0. The number of fused-ring (bicyclic) bond motifs is 1. The number of benzene rings is 3. The Balaban J connectivity index is 1.86. The van der Waals surface area contributed by atoms with E-state index in [1.807, 2.05) is 76.2 Å². The van der Waals surface area contributed by atoms with Gasteiger partial charge in [-0.05, 0) is 63.1 Å². The standard InChI is InChI=1S/C28H35N3O4S/c1-20-10-9-11-22(16-20)18-31(21(2)27(33)29-28(3,4)5)26(32)19-30(6)36(34,35)25-15-14-23-12-7-8-13-24(23)17-25/h7-17,21H,18-19H2,1-6H3,(H,29,33)/t21-/m1/s1. The summed E-state index contributed by atoms with van der Waals surface area (Å²) in [5, 5.41) is 4.64. The third kappa shape index (κ3) is 6.71. The second-order valence-electron chi connectivity index (χ2n) is 10.2. The number of carbonyl (C=O) groups is 2. The van der Waals surface area contributed by atoms with Gasteiger partial charge in [-0.25, -0.2) is 8.42 Å². The van der Waals surface area contributed by atoms with Crippen LogP contribution >= 0.6 is 0 Å². The minimum atomic E-state index is -3.93. The number of nitrogens with one attached hydrogen (secondary N) is 1. The lowest BCUT2D eigenvalue weighted by molar-refractivity contribution is -0.141. The Labute approximate surface area is 214 Å². The normalized spacial score (nSPS) is 13.0. The van der Waals surface area contributed by atoms with E-state index in [9.17, 15) is 18.0 Å². The second kappa shape index (κ2) is 10.8. The van der Waals surface area contributed by atoms with Crippen LogP contribution in [0.3, 0.4) is 0 Å². The molecule has 2 amide bonds. The average molecular weight is 510 g/mol. The molecular weight excluding hydrogens is 474 g/mol. The van der Waals surface area contributed by atoms with Crippen molar-refractivity contribution in [2.75, 3.05) is 13.6 Å². The van der Waals surface area contributed by atoms with E-state index in [2.05, 4.69) is 5.32 Å². The molecular formula is C28H35N3O4S. The molecule has 0 aliphatic carbocycles. The number of rotatable bonds is 8. The number of carbonyl (C=O) groups excluding carboxylic acids is 2. The third-order valence-corrected chi connectivity index (χ3v) is 7.69. The van der Waals surface area contributed by atoms with Crippen molar-refractivity contribution < 1.29 is 18.0 Å². The monoisotopic (exact) mass is 509 g/mol. The Morgan fingerprint density at radius 3 is 2.25 bits per heavy atom. The minimum Gasteiger partial charge on any atom is -0.350 e. The van der Waals surface area contributed by atoms with Crippen LogP contribution in [0.1, 0.15) is 38.8 Å². The molecule has 0 unspecified atom stereocenters. The molecule has 1 N–H and O–H groups in total. The predicted molar refractivity (Wildman–Crippen MR) is 143 cm³/mol. The van der Waals surface area contributed by atoms with Crippen molar-refractivity contribution in [3.05, 3.63) is 77.9 Å². The van der Waals surface area contributed by atoms with E-state index >= 15 is 0 Å². The van der Waals surface area contributed by atoms with Crippen LogP contribution in [0.4, 0.5) is 0 Å². The highest BCUT2D eigenvalue weighted by molar-refractivity contribution is 7.89. The molecule has 3 aromatic carbocycles. The van der Waals surface area contributed by atoms with E-state index in [4.69, 9.17) is 0 Å². The van der Waals surface area contributed by atoms with E-state index in [0.29, 0.717) is 0 Å². The molecule has 0 fully saturated rings. The first-order valence-electron chi connectivity index (χ1n) is 11.9. The number of aryl methyl sites for hydroxylation is 1. The average Bonchev–Trinajstić information content (AvgIpc) is 2.80. The van der Waals surface area contributed by atoms with E-state index in [0.717, 1.165) is 26.2 Å². The van der Waals surface area contributed by atoms with Crippen molar-refractivity contribution in [3.63, 3.8) is 0 Å². The van der Waals surface area contributed by atoms with Crippen LogP contribution in [0.15, 0.2) is 71.6 Å². The lowest BCUT2D eigenvalue weighted by Gasteiger charge is -2.32. The van der Waals surface area contributed by atoms with Gasteiger partial charge in [-0.1, -0.05) is 60.2 Å². The molecule has 0 saturated carbocycles. The molecule has 0 aromatic heterocycles. The number of nitrogens with zero attached hydrogens (tertiary/aromatic N) is 2. The summed E-state index contributed by atoms with van der Waals surface area (Å²) in [5.41, 5.74) is 1.42. The highest BCUT2D eigenvalue weighted by Crippen LogP contribution is 2.22. The summed E-state index contributed by atoms with van der Waals surface area (Å²) in [7, 11) is -2.55. The summed E-state index contributed by atoms with van der Waals surface area (Å²) in [6.45, 7) is 9.01. The highest BCUT2D eigenvalue weighted by Gasteiger charge is 2.31. The van der Waals surface area contributed by atoms with Gasteiger partial charge in [-0.3, -0.25) is 9.59 Å². The van der Waals surface area contributed by atoms with Crippen LogP contribution in [0.25, 0.3) is 10.8 Å². The molecule has 8 heteroatoms. The maximum Gasteiger partial charge on any atom is 0.243 e. The molecule has 0 spiro atoms. The smallest absolute Gasteiger partial charge is 0.243 e. The van der Waals surface area contributed by atoms with Gasteiger partial charge in [-0.2, -0.15) is 4.31 Å². The largest absolute Gasteiger partial charge is 0.350 e. The number of sulfonamides is 1. The fourth-order valence-corrected chi connectivity index (χ4v) is 5.09. The Morgan fingerprint density at radius 2 is 1.61 bits per heavy atom. The van der Waals surface area contributed by atoms with E-state index < -0.39 is 34.1 Å². The summed E-state index contributed by atoms with van der Waals surface area (Å²) in [6.07, 6.45) is 0. The number of amides is 2. The van der Waals surface area contributed by atoms with Crippen LogP contribution in [0, 0.1) is 6.92 Å². The van der Waals surface area contributed by atoms with Crippen molar-refractivity contribution in [1.82, 2.24) is 14.5 Å².